The maximum atomic E-state index is 10.8. The lowest BCUT2D eigenvalue weighted by molar-refractivity contribution is -0.139. The molecule has 0 bridgehead atoms. The summed E-state index contributed by atoms with van der Waals surface area (Å²) >= 11 is 0. The van der Waals surface area contributed by atoms with Crippen molar-refractivity contribution in [1.82, 2.24) is 4.90 Å². The minimum atomic E-state index is -0.698. The van der Waals surface area contributed by atoms with Gasteiger partial charge in [0.15, 0.2) is 0 Å². The molecule has 16 heavy (non-hydrogen) atoms. The molecule has 0 radical (unpaired) electrons. The maximum Gasteiger partial charge on any atom is 0.317 e. The van der Waals surface area contributed by atoms with Crippen LogP contribution in [0.4, 0.5) is 0 Å². The summed E-state index contributed by atoms with van der Waals surface area (Å²) < 4.78 is 0. The van der Waals surface area contributed by atoms with Gasteiger partial charge in [-0.05, 0) is 32.1 Å². The van der Waals surface area contributed by atoms with Crippen molar-refractivity contribution in [3.63, 3.8) is 0 Å². The van der Waals surface area contributed by atoms with E-state index in [0.29, 0.717) is 6.04 Å². The number of aliphatic carboxylic acids is 1. The van der Waals surface area contributed by atoms with Crippen LogP contribution in [0.2, 0.25) is 0 Å². The lowest BCUT2D eigenvalue weighted by Crippen LogP contribution is -2.40. The molecule has 0 heterocycles. The first-order valence-corrected chi connectivity index (χ1v) is 6.59. The lowest BCUT2D eigenvalue weighted by atomic mass is 9.88. The Labute approximate surface area is 98.8 Å². The third kappa shape index (κ3) is 4.52. The summed E-state index contributed by atoms with van der Waals surface area (Å²) in [5, 5.41) is 8.92. The Bertz CT molecular complexity index is 212. The van der Waals surface area contributed by atoms with Gasteiger partial charge in [-0.1, -0.05) is 26.2 Å². The van der Waals surface area contributed by atoms with Crippen molar-refractivity contribution in [1.29, 1.82) is 0 Å². The molecule has 3 nitrogen and oxygen atoms in total. The van der Waals surface area contributed by atoms with Gasteiger partial charge in [0.25, 0.3) is 0 Å². The second-order valence-electron chi connectivity index (χ2n) is 5.08. The highest BCUT2D eigenvalue weighted by molar-refractivity contribution is 5.69. The highest BCUT2D eigenvalue weighted by Crippen LogP contribution is 2.25. The van der Waals surface area contributed by atoms with E-state index < -0.39 is 5.97 Å². The van der Waals surface area contributed by atoms with Crippen molar-refractivity contribution in [2.24, 2.45) is 5.92 Å². The van der Waals surface area contributed by atoms with Crippen LogP contribution in [0.25, 0.3) is 0 Å². The van der Waals surface area contributed by atoms with Gasteiger partial charge >= 0.3 is 5.97 Å². The molecular formula is C13H25NO2. The van der Waals surface area contributed by atoms with E-state index in [2.05, 4.69) is 18.7 Å². The monoisotopic (exact) mass is 227 g/mol. The molecule has 1 N–H and O–H groups in total. The fourth-order valence-corrected chi connectivity index (χ4v) is 2.53. The Kier molecular flexibility index (Phi) is 5.81. The normalized spacial score (nSPS) is 19.9. The van der Waals surface area contributed by atoms with Gasteiger partial charge in [0.05, 0.1) is 6.54 Å². The summed E-state index contributed by atoms with van der Waals surface area (Å²) in [6.45, 7) is 5.43. The minimum absolute atomic E-state index is 0.200. The maximum absolute atomic E-state index is 10.8. The molecule has 1 aliphatic carbocycles. The summed E-state index contributed by atoms with van der Waals surface area (Å²) in [5.74, 6) is 0.0261. The molecule has 1 saturated carbocycles. The number of carboxylic acid groups (broad SMARTS) is 1. The number of hydrogen-bond donors (Lipinski definition) is 1. The van der Waals surface area contributed by atoms with Gasteiger partial charge < -0.3 is 5.11 Å². The molecule has 0 spiro atoms. The molecule has 94 valence electrons. The SMILES string of the molecule is CCC(C)N(CC(=O)O)CC1CCCCC1. The predicted molar refractivity (Wildman–Crippen MR) is 65.5 cm³/mol. The highest BCUT2D eigenvalue weighted by Gasteiger charge is 2.21. The highest BCUT2D eigenvalue weighted by atomic mass is 16.4. The standard InChI is InChI=1S/C13H25NO2/c1-3-11(2)14(10-13(15)16)9-12-7-5-4-6-8-12/h11-12H,3-10H2,1-2H3,(H,15,16). The molecule has 1 atom stereocenters. The molecular weight excluding hydrogens is 202 g/mol. The van der Waals surface area contributed by atoms with Gasteiger partial charge in [0.1, 0.15) is 0 Å². The summed E-state index contributed by atoms with van der Waals surface area (Å²) in [5.41, 5.74) is 0. The van der Waals surface area contributed by atoms with Crippen LogP contribution >= 0.6 is 0 Å². The fourth-order valence-electron chi connectivity index (χ4n) is 2.53. The van der Waals surface area contributed by atoms with Crippen LogP contribution in [0.1, 0.15) is 52.4 Å². The molecule has 0 aliphatic heterocycles. The zero-order valence-corrected chi connectivity index (χ0v) is 10.6. The first-order valence-electron chi connectivity index (χ1n) is 6.59. The Morgan fingerprint density at radius 1 is 1.38 bits per heavy atom. The van der Waals surface area contributed by atoms with Crippen LogP contribution in [0.5, 0.6) is 0 Å². The Hall–Kier alpha value is -0.570. The first kappa shape index (κ1) is 13.5. The van der Waals surface area contributed by atoms with E-state index in [1.807, 2.05) is 0 Å². The number of nitrogens with zero attached hydrogens (tertiary/aromatic N) is 1. The van der Waals surface area contributed by atoms with E-state index in [-0.39, 0.29) is 6.54 Å². The van der Waals surface area contributed by atoms with Gasteiger partial charge in [-0.25, -0.2) is 0 Å². The number of rotatable bonds is 6. The molecule has 1 fully saturated rings. The van der Waals surface area contributed by atoms with E-state index in [9.17, 15) is 4.79 Å². The van der Waals surface area contributed by atoms with Crippen molar-refractivity contribution in [2.75, 3.05) is 13.1 Å². The predicted octanol–water partition coefficient (Wildman–Crippen LogP) is 2.75. The van der Waals surface area contributed by atoms with Crippen LogP contribution in [0.3, 0.4) is 0 Å². The van der Waals surface area contributed by atoms with E-state index in [0.717, 1.165) is 18.9 Å². The van der Waals surface area contributed by atoms with E-state index in [1.165, 1.54) is 32.1 Å². The van der Waals surface area contributed by atoms with Crippen LogP contribution in [-0.4, -0.2) is 35.1 Å². The smallest absolute Gasteiger partial charge is 0.317 e. The fraction of sp³-hybridized carbons (Fsp3) is 0.923. The van der Waals surface area contributed by atoms with Gasteiger partial charge in [-0.2, -0.15) is 0 Å². The molecule has 1 unspecified atom stereocenters. The second-order valence-corrected chi connectivity index (χ2v) is 5.08. The number of hydrogen-bond acceptors (Lipinski definition) is 2. The third-order valence-electron chi connectivity index (χ3n) is 3.77. The first-order chi connectivity index (χ1) is 7.63. The Balaban J connectivity index is 2.44. The number of carboxylic acids is 1. The third-order valence-corrected chi connectivity index (χ3v) is 3.77. The van der Waals surface area contributed by atoms with Gasteiger partial charge in [0, 0.05) is 12.6 Å². The van der Waals surface area contributed by atoms with E-state index in [4.69, 9.17) is 5.11 Å². The summed E-state index contributed by atoms with van der Waals surface area (Å²) in [6.07, 6.45) is 7.61. The quantitative estimate of drug-likeness (QED) is 0.758. The van der Waals surface area contributed by atoms with Crippen molar-refractivity contribution in [3.05, 3.63) is 0 Å². The van der Waals surface area contributed by atoms with Crippen molar-refractivity contribution in [2.45, 2.75) is 58.4 Å². The van der Waals surface area contributed by atoms with Crippen LogP contribution in [-0.2, 0) is 4.79 Å². The molecule has 0 amide bonds. The molecule has 0 saturated heterocycles. The largest absolute Gasteiger partial charge is 0.480 e. The average molecular weight is 227 g/mol. The topological polar surface area (TPSA) is 40.5 Å². The van der Waals surface area contributed by atoms with Crippen LogP contribution in [0.15, 0.2) is 0 Å². The second kappa shape index (κ2) is 6.89. The molecule has 1 aliphatic rings. The lowest BCUT2D eigenvalue weighted by Gasteiger charge is -2.32. The molecule has 3 heteroatoms. The zero-order valence-electron chi connectivity index (χ0n) is 10.6. The molecule has 0 aromatic carbocycles. The Morgan fingerprint density at radius 2 is 2.00 bits per heavy atom. The molecule has 1 rings (SSSR count). The number of carbonyl (C=O) groups is 1. The van der Waals surface area contributed by atoms with Crippen molar-refractivity contribution < 1.29 is 9.90 Å². The molecule has 0 aromatic rings. The van der Waals surface area contributed by atoms with Crippen molar-refractivity contribution >= 4 is 5.97 Å². The van der Waals surface area contributed by atoms with Gasteiger partial charge in [-0.3, -0.25) is 9.69 Å². The summed E-state index contributed by atoms with van der Waals surface area (Å²) in [4.78, 5) is 13.0. The molecule has 0 aromatic heterocycles. The van der Waals surface area contributed by atoms with Crippen LogP contribution < -0.4 is 0 Å². The van der Waals surface area contributed by atoms with E-state index in [1.54, 1.807) is 0 Å². The zero-order chi connectivity index (χ0) is 12.0. The summed E-state index contributed by atoms with van der Waals surface area (Å²) in [6, 6.07) is 0.387. The van der Waals surface area contributed by atoms with Crippen LogP contribution in [0, 0.1) is 5.92 Å². The van der Waals surface area contributed by atoms with E-state index >= 15 is 0 Å². The summed E-state index contributed by atoms with van der Waals surface area (Å²) in [7, 11) is 0. The average Bonchev–Trinajstić information content (AvgIpc) is 2.28. The van der Waals surface area contributed by atoms with Crippen molar-refractivity contribution in [3.8, 4) is 0 Å². The van der Waals surface area contributed by atoms with Gasteiger partial charge in [0.2, 0.25) is 0 Å². The minimum Gasteiger partial charge on any atom is -0.480 e. The Morgan fingerprint density at radius 3 is 2.50 bits per heavy atom. The van der Waals surface area contributed by atoms with Gasteiger partial charge in [-0.15, -0.1) is 0 Å².